The maximum atomic E-state index is 6.38. The minimum atomic E-state index is -0.00967. The largest absolute Gasteiger partial charge is 0.382 e. The second kappa shape index (κ2) is 5.89. The summed E-state index contributed by atoms with van der Waals surface area (Å²) in [5.74, 6) is 0.422. The Bertz CT molecular complexity index is 771. The van der Waals surface area contributed by atoms with E-state index in [9.17, 15) is 0 Å². The predicted molar refractivity (Wildman–Crippen MR) is 93.9 cm³/mol. The van der Waals surface area contributed by atoms with E-state index in [-0.39, 0.29) is 12.3 Å². The summed E-state index contributed by atoms with van der Waals surface area (Å²) in [5.41, 5.74) is 7.70. The van der Waals surface area contributed by atoms with Crippen molar-refractivity contribution in [3.8, 4) is 0 Å². The minimum absolute atomic E-state index is 0.00967. The van der Waals surface area contributed by atoms with Crippen LogP contribution in [0.2, 0.25) is 0 Å². The van der Waals surface area contributed by atoms with Crippen molar-refractivity contribution in [3.63, 3.8) is 0 Å². The number of nitrogens with two attached hydrogens (primary N) is 1. The molecule has 0 saturated carbocycles. The number of hydrogen-bond donors (Lipinski definition) is 2. The third-order valence-electron chi connectivity index (χ3n) is 6.11. The van der Waals surface area contributed by atoms with Crippen molar-refractivity contribution in [1.29, 1.82) is 0 Å². The highest BCUT2D eigenvalue weighted by Crippen LogP contribution is 2.35. The van der Waals surface area contributed by atoms with Crippen LogP contribution < -0.4 is 11.1 Å². The van der Waals surface area contributed by atoms with Gasteiger partial charge in [0.15, 0.2) is 11.5 Å². The fourth-order valence-electron chi connectivity index (χ4n) is 4.60. The lowest BCUT2D eigenvalue weighted by Crippen LogP contribution is -2.71. The number of piperidine rings is 1. The number of rotatable bonds is 3. The summed E-state index contributed by atoms with van der Waals surface area (Å²) in [6, 6.07) is 0. The Kier molecular flexibility index (Phi) is 3.65. The van der Waals surface area contributed by atoms with Gasteiger partial charge in [0.2, 0.25) is 0 Å². The standard InChI is InChI=1S/C17H25N7O/c18-15-14-16(21-10-20-15)24(11-22-14)13-4-3-12(25-13)7-23-6-2-1-5-17(23)8-19-9-17/h10-13,19H,1-9H2,(H2,18,20,21). The monoisotopic (exact) mass is 343 g/mol. The van der Waals surface area contributed by atoms with Crippen LogP contribution in [-0.2, 0) is 4.74 Å². The van der Waals surface area contributed by atoms with E-state index in [1.54, 1.807) is 6.33 Å². The molecule has 0 amide bonds. The lowest BCUT2D eigenvalue weighted by Gasteiger charge is -2.54. The van der Waals surface area contributed by atoms with Gasteiger partial charge in [-0.3, -0.25) is 9.47 Å². The van der Waals surface area contributed by atoms with Gasteiger partial charge in [0.1, 0.15) is 18.1 Å². The van der Waals surface area contributed by atoms with Crippen LogP contribution >= 0.6 is 0 Å². The topological polar surface area (TPSA) is 94.1 Å². The van der Waals surface area contributed by atoms with Crippen LogP contribution in [0.4, 0.5) is 5.82 Å². The van der Waals surface area contributed by atoms with E-state index in [2.05, 4.69) is 25.2 Å². The van der Waals surface area contributed by atoms with Crippen molar-refractivity contribution >= 4 is 17.0 Å². The molecular formula is C17H25N7O. The lowest BCUT2D eigenvalue weighted by atomic mass is 9.81. The van der Waals surface area contributed by atoms with Gasteiger partial charge in [-0.15, -0.1) is 0 Å². The maximum absolute atomic E-state index is 6.38. The molecule has 5 heterocycles. The first-order valence-corrected chi connectivity index (χ1v) is 9.29. The minimum Gasteiger partial charge on any atom is -0.382 e. The molecule has 25 heavy (non-hydrogen) atoms. The van der Waals surface area contributed by atoms with Gasteiger partial charge in [-0.05, 0) is 32.2 Å². The first-order chi connectivity index (χ1) is 12.3. The number of imidazole rings is 1. The molecule has 3 aliphatic heterocycles. The van der Waals surface area contributed by atoms with E-state index < -0.39 is 0 Å². The molecule has 3 N–H and O–H groups in total. The molecule has 1 spiro atoms. The third kappa shape index (κ3) is 2.51. The lowest BCUT2D eigenvalue weighted by molar-refractivity contribution is -0.0575. The zero-order chi connectivity index (χ0) is 16.9. The van der Waals surface area contributed by atoms with E-state index in [4.69, 9.17) is 10.5 Å². The van der Waals surface area contributed by atoms with Crippen molar-refractivity contribution in [3.05, 3.63) is 12.7 Å². The molecule has 3 aliphatic rings. The molecule has 2 unspecified atom stereocenters. The number of nitrogens with one attached hydrogen (secondary N) is 1. The Labute approximate surface area is 146 Å². The number of aromatic nitrogens is 4. The molecule has 134 valence electrons. The van der Waals surface area contributed by atoms with Gasteiger partial charge in [0.25, 0.3) is 0 Å². The van der Waals surface area contributed by atoms with E-state index in [0.717, 1.165) is 38.1 Å². The van der Waals surface area contributed by atoms with Gasteiger partial charge in [0, 0.05) is 25.2 Å². The number of nitrogen functional groups attached to an aromatic ring is 1. The zero-order valence-electron chi connectivity index (χ0n) is 14.4. The summed E-state index contributed by atoms with van der Waals surface area (Å²) in [6.07, 6.45) is 9.57. The number of anilines is 1. The Hall–Kier alpha value is -1.77. The smallest absolute Gasteiger partial charge is 0.167 e. The number of nitrogens with zero attached hydrogens (tertiary/aromatic N) is 5. The van der Waals surface area contributed by atoms with Crippen LogP contribution in [0.25, 0.3) is 11.2 Å². The van der Waals surface area contributed by atoms with Crippen molar-refractivity contribution in [2.75, 3.05) is 31.9 Å². The molecule has 3 saturated heterocycles. The fraction of sp³-hybridized carbons (Fsp3) is 0.706. The molecule has 0 radical (unpaired) electrons. The van der Waals surface area contributed by atoms with Gasteiger partial charge < -0.3 is 15.8 Å². The Balaban J connectivity index is 1.30. The summed E-state index contributed by atoms with van der Waals surface area (Å²) in [5, 5.41) is 3.46. The van der Waals surface area contributed by atoms with Gasteiger partial charge in [-0.25, -0.2) is 15.0 Å². The number of hydrogen-bond acceptors (Lipinski definition) is 7. The Morgan fingerprint density at radius 2 is 2.16 bits per heavy atom. The summed E-state index contributed by atoms with van der Waals surface area (Å²) in [7, 11) is 0. The van der Waals surface area contributed by atoms with Crippen LogP contribution in [0.15, 0.2) is 12.7 Å². The Morgan fingerprint density at radius 3 is 3.00 bits per heavy atom. The Morgan fingerprint density at radius 1 is 1.24 bits per heavy atom. The molecule has 0 bridgehead atoms. The molecular weight excluding hydrogens is 318 g/mol. The summed E-state index contributed by atoms with van der Waals surface area (Å²) >= 11 is 0. The molecule has 5 rings (SSSR count). The van der Waals surface area contributed by atoms with Gasteiger partial charge in [-0.1, -0.05) is 6.42 Å². The van der Waals surface area contributed by atoms with Crippen molar-refractivity contribution in [2.24, 2.45) is 0 Å². The van der Waals surface area contributed by atoms with Crippen molar-refractivity contribution in [1.82, 2.24) is 29.7 Å². The quantitative estimate of drug-likeness (QED) is 0.855. The maximum Gasteiger partial charge on any atom is 0.167 e. The molecule has 8 nitrogen and oxygen atoms in total. The zero-order valence-corrected chi connectivity index (χ0v) is 14.4. The molecule has 2 aromatic rings. The second-order valence-corrected chi connectivity index (χ2v) is 7.60. The highest BCUT2D eigenvalue weighted by atomic mass is 16.5. The van der Waals surface area contributed by atoms with Crippen molar-refractivity contribution < 1.29 is 4.74 Å². The van der Waals surface area contributed by atoms with E-state index in [0.29, 0.717) is 16.9 Å². The molecule has 8 heteroatoms. The SMILES string of the molecule is Nc1ncnc2c1ncn2C1CCC(CN2CCCCC23CNC3)O1. The van der Waals surface area contributed by atoms with Gasteiger partial charge in [-0.2, -0.15) is 0 Å². The van der Waals surface area contributed by atoms with Gasteiger partial charge in [0.05, 0.1) is 12.4 Å². The third-order valence-corrected chi connectivity index (χ3v) is 6.11. The number of likely N-dealkylation sites (tertiary alicyclic amines) is 1. The molecule has 3 fully saturated rings. The predicted octanol–water partition coefficient (Wildman–Crippen LogP) is 0.914. The molecule has 2 aromatic heterocycles. The molecule has 0 aromatic carbocycles. The van der Waals surface area contributed by atoms with E-state index in [1.165, 1.54) is 32.1 Å². The summed E-state index contributed by atoms with van der Waals surface area (Å²) < 4.78 is 8.38. The first-order valence-electron chi connectivity index (χ1n) is 9.29. The highest BCUT2D eigenvalue weighted by Gasteiger charge is 2.45. The molecule has 0 aliphatic carbocycles. The van der Waals surface area contributed by atoms with Crippen LogP contribution in [0.3, 0.4) is 0 Å². The van der Waals surface area contributed by atoms with Crippen LogP contribution in [-0.4, -0.2) is 62.2 Å². The summed E-state index contributed by atoms with van der Waals surface area (Å²) in [6.45, 7) is 4.49. The fourth-order valence-corrected chi connectivity index (χ4v) is 4.60. The van der Waals surface area contributed by atoms with E-state index >= 15 is 0 Å². The number of ether oxygens (including phenoxy) is 1. The molecule has 2 atom stereocenters. The highest BCUT2D eigenvalue weighted by molar-refractivity contribution is 5.81. The second-order valence-electron chi connectivity index (χ2n) is 7.60. The normalized spacial score (nSPS) is 29.3. The van der Waals surface area contributed by atoms with Crippen LogP contribution in [0, 0.1) is 0 Å². The average Bonchev–Trinajstić information content (AvgIpc) is 3.21. The van der Waals surface area contributed by atoms with Crippen LogP contribution in [0.1, 0.15) is 38.3 Å². The average molecular weight is 343 g/mol. The van der Waals surface area contributed by atoms with Crippen LogP contribution in [0.5, 0.6) is 0 Å². The number of fused-ring (bicyclic) bond motifs is 1. The van der Waals surface area contributed by atoms with E-state index in [1.807, 2.05) is 4.57 Å². The summed E-state index contributed by atoms with van der Waals surface area (Å²) in [4.78, 5) is 15.4. The van der Waals surface area contributed by atoms with Crippen molar-refractivity contribution in [2.45, 2.75) is 50.0 Å². The first kappa shape index (κ1) is 15.5. The van der Waals surface area contributed by atoms with Gasteiger partial charge >= 0.3 is 0 Å².